The number of aromatic nitrogens is 1. The van der Waals surface area contributed by atoms with Gasteiger partial charge in [-0.25, -0.2) is 0 Å². The molecule has 1 aromatic heterocycles. The highest BCUT2D eigenvalue weighted by Crippen LogP contribution is 2.17. The summed E-state index contributed by atoms with van der Waals surface area (Å²) in [7, 11) is 0. The molecule has 3 nitrogen and oxygen atoms in total. The average molecular weight is 236 g/mol. The van der Waals surface area contributed by atoms with E-state index in [0.717, 1.165) is 32.7 Å². The molecule has 96 valence electrons. The van der Waals surface area contributed by atoms with E-state index < -0.39 is 0 Å². The van der Waals surface area contributed by atoms with Crippen LogP contribution in [0.4, 0.5) is 0 Å². The van der Waals surface area contributed by atoms with Crippen LogP contribution in [-0.2, 0) is 11.3 Å². The molecular formula is C14H24N2O. The molecule has 0 saturated heterocycles. The Labute approximate surface area is 105 Å². The zero-order valence-electron chi connectivity index (χ0n) is 11.2. The molecule has 0 aliphatic heterocycles. The minimum Gasteiger partial charge on any atom is -0.380 e. The van der Waals surface area contributed by atoms with Crippen molar-refractivity contribution >= 4 is 0 Å². The normalized spacial score (nSPS) is 11.7. The Kier molecular flexibility index (Phi) is 6.16. The Morgan fingerprint density at radius 3 is 2.76 bits per heavy atom. The maximum Gasteiger partial charge on any atom is 0.0591 e. The summed E-state index contributed by atoms with van der Waals surface area (Å²) in [5.74, 6) is 0. The van der Waals surface area contributed by atoms with Crippen LogP contribution in [0.2, 0.25) is 0 Å². The van der Waals surface area contributed by atoms with Crippen LogP contribution in [0.1, 0.15) is 32.8 Å². The van der Waals surface area contributed by atoms with Gasteiger partial charge in [-0.05, 0) is 23.5 Å². The van der Waals surface area contributed by atoms with E-state index in [9.17, 15) is 0 Å². The van der Waals surface area contributed by atoms with Gasteiger partial charge < -0.3 is 10.1 Å². The number of rotatable bonds is 7. The second kappa shape index (κ2) is 7.41. The topological polar surface area (TPSA) is 34.1 Å². The molecule has 1 aromatic rings. The van der Waals surface area contributed by atoms with Gasteiger partial charge >= 0.3 is 0 Å². The standard InChI is InChI=1S/C14H24N2O/c1-14(2,3)6-9-17-10-8-16-12-13-5-4-7-15-11-13/h4-5,7,11,16H,6,8-10,12H2,1-3H3. The first-order chi connectivity index (χ1) is 8.08. The smallest absolute Gasteiger partial charge is 0.0591 e. The van der Waals surface area contributed by atoms with Gasteiger partial charge in [0, 0.05) is 32.1 Å². The zero-order chi connectivity index (χ0) is 12.6. The lowest BCUT2D eigenvalue weighted by Crippen LogP contribution is -2.20. The molecule has 0 aromatic carbocycles. The molecular weight excluding hydrogens is 212 g/mol. The zero-order valence-corrected chi connectivity index (χ0v) is 11.2. The van der Waals surface area contributed by atoms with Crippen molar-refractivity contribution in [1.29, 1.82) is 0 Å². The molecule has 0 fully saturated rings. The van der Waals surface area contributed by atoms with Crippen molar-refractivity contribution in [2.24, 2.45) is 5.41 Å². The highest BCUT2D eigenvalue weighted by Gasteiger charge is 2.08. The van der Waals surface area contributed by atoms with E-state index in [1.165, 1.54) is 5.56 Å². The number of nitrogens with zero attached hydrogens (tertiary/aromatic N) is 1. The summed E-state index contributed by atoms with van der Waals surface area (Å²) >= 11 is 0. The molecule has 0 bridgehead atoms. The van der Waals surface area contributed by atoms with E-state index in [1.54, 1.807) is 6.20 Å². The summed E-state index contributed by atoms with van der Waals surface area (Å²) in [6.45, 7) is 10.1. The van der Waals surface area contributed by atoms with Crippen LogP contribution in [0.5, 0.6) is 0 Å². The van der Waals surface area contributed by atoms with Crippen LogP contribution in [0.25, 0.3) is 0 Å². The highest BCUT2D eigenvalue weighted by atomic mass is 16.5. The van der Waals surface area contributed by atoms with Crippen molar-refractivity contribution in [3.8, 4) is 0 Å². The Morgan fingerprint density at radius 2 is 2.12 bits per heavy atom. The van der Waals surface area contributed by atoms with Crippen LogP contribution < -0.4 is 5.32 Å². The fraction of sp³-hybridized carbons (Fsp3) is 0.643. The van der Waals surface area contributed by atoms with Crippen molar-refractivity contribution in [3.05, 3.63) is 30.1 Å². The molecule has 0 amide bonds. The van der Waals surface area contributed by atoms with Crippen molar-refractivity contribution in [2.75, 3.05) is 19.8 Å². The number of hydrogen-bond acceptors (Lipinski definition) is 3. The summed E-state index contributed by atoms with van der Waals surface area (Å²) in [4.78, 5) is 4.07. The third kappa shape index (κ3) is 7.88. The van der Waals surface area contributed by atoms with E-state index in [4.69, 9.17) is 4.74 Å². The predicted molar refractivity (Wildman–Crippen MR) is 70.8 cm³/mol. The Hall–Kier alpha value is -0.930. The molecule has 17 heavy (non-hydrogen) atoms. The monoisotopic (exact) mass is 236 g/mol. The van der Waals surface area contributed by atoms with E-state index in [0.29, 0.717) is 5.41 Å². The first-order valence-electron chi connectivity index (χ1n) is 6.25. The molecule has 0 aliphatic rings. The lowest BCUT2D eigenvalue weighted by Gasteiger charge is -2.17. The first-order valence-corrected chi connectivity index (χ1v) is 6.25. The molecule has 0 spiro atoms. The molecule has 0 saturated carbocycles. The van der Waals surface area contributed by atoms with Gasteiger partial charge in [-0.3, -0.25) is 4.98 Å². The minimum absolute atomic E-state index is 0.364. The lowest BCUT2D eigenvalue weighted by molar-refractivity contribution is 0.110. The Balaban J connectivity index is 1.95. The van der Waals surface area contributed by atoms with E-state index >= 15 is 0 Å². The average Bonchev–Trinajstić information content (AvgIpc) is 2.28. The van der Waals surface area contributed by atoms with Gasteiger partial charge in [0.25, 0.3) is 0 Å². The number of nitrogens with one attached hydrogen (secondary N) is 1. The van der Waals surface area contributed by atoms with Crippen LogP contribution >= 0.6 is 0 Å². The lowest BCUT2D eigenvalue weighted by atomic mass is 9.93. The predicted octanol–water partition coefficient (Wildman–Crippen LogP) is 2.62. The first kappa shape index (κ1) is 14.1. The van der Waals surface area contributed by atoms with Crippen molar-refractivity contribution in [1.82, 2.24) is 10.3 Å². The fourth-order valence-corrected chi connectivity index (χ4v) is 1.36. The summed E-state index contributed by atoms with van der Waals surface area (Å²) in [6.07, 6.45) is 4.78. The van der Waals surface area contributed by atoms with Gasteiger partial charge in [-0.2, -0.15) is 0 Å². The van der Waals surface area contributed by atoms with Gasteiger partial charge in [-0.15, -0.1) is 0 Å². The third-order valence-corrected chi connectivity index (χ3v) is 2.47. The van der Waals surface area contributed by atoms with Crippen LogP contribution in [0.3, 0.4) is 0 Å². The number of ether oxygens (including phenoxy) is 1. The molecule has 0 radical (unpaired) electrons. The molecule has 1 N–H and O–H groups in total. The summed E-state index contributed by atoms with van der Waals surface area (Å²) in [5, 5.41) is 3.33. The Morgan fingerprint density at radius 1 is 1.29 bits per heavy atom. The van der Waals surface area contributed by atoms with Gasteiger partial charge in [0.2, 0.25) is 0 Å². The molecule has 1 heterocycles. The maximum absolute atomic E-state index is 5.57. The summed E-state index contributed by atoms with van der Waals surface area (Å²) < 4.78 is 5.57. The maximum atomic E-state index is 5.57. The summed E-state index contributed by atoms with van der Waals surface area (Å²) in [6, 6.07) is 4.03. The van der Waals surface area contributed by atoms with Gasteiger partial charge in [0.05, 0.1) is 6.61 Å². The van der Waals surface area contributed by atoms with Crippen LogP contribution in [0, 0.1) is 5.41 Å². The van der Waals surface area contributed by atoms with Gasteiger partial charge in [0.1, 0.15) is 0 Å². The molecule has 0 atom stereocenters. The molecule has 0 aliphatic carbocycles. The van der Waals surface area contributed by atoms with Gasteiger partial charge in [0.15, 0.2) is 0 Å². The van der Waals surface area contributed by atoms with Crippen molar-refractivity contribution in [2.45, 2.75) is 33.7 Å². The highest BCUT2D eigenvalue weighted by molar-refractivity contribution is 5.07. The van der Waals surface area contributed by atoms with Crippen LogP contribution in [-0.4, -0.2) is 24.7 Å². The second-order valence-corrected chi connectivity index (χ2v) is 5.46. The number of pyridine rings is 1. The third-order valence-electron chi connectivity index (χ3n) is 2.47. The quantitative estimate of drug-likeness (QED) is 0.739. The summed E-state index contributed by atoms with van der Waals surface area (Å²) in [5.41, 5.74) is 1.57. The van der Waals surface area contributed by atoms with E-state index in [-0.39, 0.29) is 0 Å². The molecule has 1 rings (SSSR count). The SMILES string of the molecule is CC(C)(C)CCOCCNCc1cccnc1. The van der Waals surface area contributed by atoms with Crippen molar-refractivity contribution < 1.29 is 4.74 Å². The van der Waals surface area contributed by atoms with E-state index in [1.807, 2.05) is 12.3 Å². The van der Waals surface area contributed by atoms with E-state index in [2.05, 4.69) is 37.1 Å². The fourth-order valence-electron chi connectivity index (χ4n) is 1.36. The van der Waals surface area contributed by atoms with Gasteiger partial charge in [-0.1, -0.05) is 26.8 Å². The molecule has 0 unspecified atom stereocenters. The minimum atomic E-state index is 0.364. The van der Waals surface area contributed by atoms with Crippen molar-refractivity contribution in [3.63, 3.8) is 0 Å². The van der Waals surface area contributed by atoms with Crippen LogP contribution in [0.15, 0.2) is 24.5 Å². The Bertz CT molecular complexity index is 293. The number of hydrogen-bond donors (Lipinski definition) is 1. The largest absolute Gasteiger partial charge is 0.380 e. The molecule has 3 heteroatoms. The second-order valence-electron chi connectivity index (χ2n) is 5.46.